The van der Waals surface area contributed by atoms with Crippen molar-refractivity contribution < 1.29 is 14.1 Å². The summed E-state index contributed by atoms with van der Waals surface area (Å²) in [6, 6.07) is 4.64. The number of benzene rings is 1. The number of hydrogen-bond donors (Lipinski definition) is 0. The van der Waals surface area contributed by atoms with Gasteiger partial charge in [0.05, 0.1) is 23.2 Å². The van der Waals surface area contributed by atoms with Gasteiger partial charge in [-0.1, -0.05) is 0 Å². The van der Waals surface area contributed by atoms with Gasteiger partial charge in [-0.05, 0) is 32.4 Å². The van der Waals surface area contributed by atoms with Crippen molar-refractivity contribution >= 4 is 17.4 Å². The van der Waals surface area contributed by atoms with Gasteiger partial charge in [0.15, 0.2) is 0 Å². The maximum atomic E-state index is 13.3. The summed E-state index contributed by atoms with van der Waals surface area (Å²) < 4.78 is 15.0. The van der Waals surface area contributed by atoms with Crippen molar-refractivity contribution in [2.24, 2.45) is 0 Å². The van der Waals surface area contributed by atoms with Crippen LogP contribution in [-0.4, -0.2) is 26.7 Å². The zero-order chi connectivity index (χ0) is 16.7. The van der Waals surface area contributed by atoms with Crippen LogP contribution in [0.15, 0.2) is 30.5 Å². The van der Waals surface area contributed by atoms with Crippen LogP contribution in [0.3, 0.4) is 0 Å². The maximum absolute atomic E-state index is 13.3. The van der Waals surface area contributed by atoms with E-state index in [-0.39, 0.29) is 17.6 Å². The standard InChI is InChI=1S/C15H15FN4O3/c1-9-7-10(2)19-14(5-6-17-19)18(9)15(21)12-4-3-11(16)8-13(12)20(22)23/h3-6,8-10H,7H2,1-2H3/t9-,10+/m0/s1. The summed E-state index contributed by atoms with van der Waals surface area (Å²) in [4.78, 5) is 24.7. The number of fused-ring (bicyclic) bond motifs is 1. The van der Waals surface area contributed by atoms with E-state index in [0.29, 0.717) is 12.2 Å². The minimum atomic E-state index is -0.751. The Labute approximate surface area is 131 Å². The van der Waals surface area contributed by atoms with E-state index in [1.165, 1.54) is 4.90 Å². The number of nitrogens with zero attached hydrogens (tertiary/aromatic N) is 4. The summed E-state index contributed by atoms with van der Waals surface area (Å²) >= 11 is 0. The Bertz CT molecular complexity index is 789. The topological polar surface area (TPSA) is 81.3 Å². The molecule has 3 rings (SSSR count). The monoisotopic (exact) mass is 318 g/mol. The Kier molecular flexibility index (Phi) is 3.59. The Morgan fingerprint density at radius 3 is 2.78 bits per heavy atom. The van der Waals surface area contributed by atoms with Crippen LogP contribution < -0.4 is 4.90 Å². The molecule has 0 aliphatic carbocycles. The lowest BCUT2D eigenvalue weighted by atomic mass is 10.0. The van der Waals surface area contributed by atoms with E-state index in [2.05, 4.69) is 5.10 Å². The smallest absolute Gasteiger partial charge is 0.285 e. The first-order valence-corrected chi connectivity index (χ1v) is 7.21. The van der Waals surface area contributed by atoms with E-state index in [1.54, 1.807) is 16.9 Å². The number of carbonyl (C=O) groups is 1. The molecule has 7 nitrogen and oxygen atoms in total. The number of nitro benzene ring substituents is 1. The molecule has 1 aromatic heterocycles. The van der Waals surface area contributed by atoms with Gasteiger partial charge in [0, 0.05) is 12.1 Å². The van der Waals surface area contributed by atoms with Crippen LogP contribution >= 0.6 is 0 Å². The average Bonchev–Trinajstić information content (AvgIpc) is 2.96. The van der Waals surface area contributed by atoms with E-state index in [0.717, 1.165) is 18.2 Å². The second-order valence-electron chi connectivity index (χ2n) is 5.66. The molecule has 0 saturated carbocycles. The molecule has 0 radical (unpaired) electrons. The van der Waals surface area contributed by atoms with E-state index in [9.17, 15) is 19.3 Å². The molecule has 1 aliphatic heterocycles. The number of nitro groups is 1. The molecule has 0 saturated heterocycles. The van der Waals surface area contributed by atoms with Gasteiger partial charge in [-0.25, -0.2) is 9.07 Å². The van der Waals surface area contributed by atoms with Gasteiger partial charge < -0.3 is 0 Å². The molecule has 0 fully saturated rings. The fraction of sp³-hybridized carbons (Fsp3) is 0.333. The fourth-order valence-corrected chi connectivity index (χ4v) is 3.03. The fourth-order valence-electron chi connectivity index (χ4n) is 3.03. The highest BCUT2D eigenvalue weighted by Gasteiger charge is 2.35. The highest BCUT2D eigenvalue weighted by atomic mass is 19.1. The van der Waals surface area contributed by atoms with Gasteiger partial charge in [-0.15, -0.1) is 0 Å². The summed E-state index contributed by atoms with van der Waals surface area (Å²) in [6.07, 6.45) is 2.26. The molecule has 0 N–H and O–H groups in total. The maximum Gasteiger partial charge on any atom is 0.285 e. The summed E-state index contributed by atoms with van der Waals surface area (Å²) in [7, 11) is 0. The van der Waals surface area contributed by atoms with E-state index in [4.69, 9.17) is 0 Å². The van der Waals surface area contributed by atoms with Crippen LogP contribution in [0.4, 0.5) is 15.9 Å². The first-order valence-electron chi connectivity index (χ1n) is 7.21. The normalized spacial score (nSPS) is 20.2. The van der Waals surface area contributed by atoms with Gasteiger partial charge >= 0.3 is 0 Å². The van der Waals surface area contributed by atoms with Crippen molar-refractivity contribution in [3.63, 3.8) is 0 Å². The van der Waals surface area contributed by atoms with Crippen LogP contribution in [0.2, 0.25) is 0 Å². The summed E-state index contributed by atoms with van der Waals surface area (Å²) in [5.41, 5.74) is -0.669. The van der Waals surface area contributed by atoms with Crippen molar-refractivity contribution in [3.05, 3.63) is 52.0 Å². The van der Waals surface area contributed by atoms with Crippen LogP contribution in [0, 0.1) is 15.9 Å². The van der Waals surface area contributed by atoms with Gasteiger partial charge in [0.2, 0.25) is 0 Å². The predicted octanol–water partition coefficient (Wildman–Crippen LogP) is 2.93. The third kappa shape index (κ3) is 2.45. The molecule has 0 spiro atoms. The Morgan fingerprint density at radius 1 is 1.35 bits per heavy atom. The third-order valence-electron chi connectivity index (χ3n) is 4.04. The molecule has 2 aromatic rings. The van der Waals surface area contributed by atoms with Crippen molar-refractivity contribution in [2.75, 3.05) is 4.90 Å². The summed E-state index contributed by atoms with van der Waals surface area (Å²) in [5.74, 6) is -0.698. The molecule has 2 atom stereocenters. The lowest BCUT2D eigenvalue weighted by molar-refractivity contribution is -0.385. The van der Waals surface area contributed by atoms with Crippen molar-refractivity contribution in [3.8, 4) is 0 Å². The van der Waals surface area contributed by atoms with Gasteiger partial charge in [0.25, 0.3) is 11.6 Å². The predicted molar refractivity (Wildman–Crippen MR) is 80.9 cm³/mol. The highest BCUT2D eigenvalue weighted by molar-refractivity contribution is 6.08. The Hall–Kier alpha value is -2.77. The Morgan fingerprint density at radius 2 is 2.09 bits per heavy atom. The number of amides is 1. The van der Waals surface area contributed by atoms with Crippen molar-refractivity contribution in [2.45, 2.75) is 32.4 Å². The largest absolute Gasteiger partial charge is 0.290 e. The first kappa shape index (κ1) is 15.1. The molecule has 2 heterocycles. The van der Waals surface area contributed by atoms with E-state index < -0.39 is 22.3 Å². The lowest BCUT2D eigenvalue weighted by Crippen LogP contribution is -2.45. The number of hydrogen-bond acceptors (Lipinski definition) is 4. The minimum absolute atomic E-state index is 0.127. The summed E-state index contributed by atoms with van der Waals surface area (Å²) in [6.45, 7) is 3.87. The van der Waals surface area contributed by atoms with E-state index >= 15 is 0 Å². The van der Waals surface area contributed by atoms with E-state index in [1.807, 2.05) is 13.8 Å². The second kappa shape index (κ2) is 5.45. The number of halogens is 1. The molecule has 1 amide bonds. The average molecular weight is 318 g/mol. The molecule has 0 bridgehead atoms. The van der Waals surface area contributed by atoms with Crippen molar-refractivity contribution in [1.29, 1.82) is 0 Å². The van der Waals surface area contributed by atoms with Crippen molar-refractivity contribution in [1.82, 2.24) is 9.78 Å². The molecule has 1 aliphatic rings. The minimum Gasteiger partial charge on any atom is -0.290 e. The lowest BCUT2D eigenvalue weighted by Gasteiger charge is -2.36. The molecular formula is C15H15FN4O3. The molecule has 1 aromatic carbocycles. The van der Waals surface area contributed by atoms with Crippen LogP contribution in [0.1, 0.15) is 36.7 Å². The zero-order valence-electron chi connectivity index (χ0n) is 12.6. The molecule has 0 unspecified atom stereocenters. The molecule has 120 valence electrons. The highest BCUT2D eigenvalue weighted by Crippen LogP contribution is 2.33. The second-order valence-corrected chi connectivity index (χ2v) is 5.66. The molecular weight excluding hydrogens is 303 g/mol. The molecule has 23 heavy (non-hydrogen) atoms. The van der Waals surface area contributed by atoms with Crippen LogP contribution in [0.5, 0.6) is 0 Å². The zero-order valence-corrected chi connectivity index (χ0v) is 12.6. The first-order chi connectivity index (χ1) is 10.9. The van der Waals surface area contributed by atoms with Gasteiger partial charge in [0.1, 0.15) is 17.2 Å². The Balaban J connectivity index is 2.08. The van der Waals surface area contributed by atoms with Gasteiger partial charge in [-0.2, -0.15) is 5.10 Å². The van der Waals surface area contributed by atoms with Gasteiger partial charge in [-0.3, -0.25) is 19.8 Å². The molecule has 8 heteroatoms. The number of carbonyl (C=O) groups excluding carboxylic acids is 1. The quantitative estimate of drug-likeness (QED) is 0.630. The van der Waals surface area contributed by atoms with Crippen LogP contribution in [-0.2, 0) is 0 Å². The van der Waals surface area contributed by atoms with Crippen LogP contribution in [0.25, 0.3) is 0 Å². The number of rotatable bonds is 2. The number of anilines is 1. The number of aromatic nitrogens is 2. The third-order valence-corrected chi connectivity index (χ3v) is 4.04. The summed E-state index contributed by atoms with van der Waals surface area (Å²) in [5, 5.41) is 15.3. The SMILES string of the molecule is C[C@@H]1C[C@H](C)N(C(=O)c2ccc(F)cc2[N+](=O)[O-])c2ccnn21.